The summed E-state index contributed by atoms with van der Waals surface area (Å²) < 4.78 is 6.20. The number of carbonyl (C=O) groups excluding carboxylic acids is 1. The first-order valence-electron chi connectivity index (χ1n) is 6.85. The summed E-state index contributed by atoms with van der Waals surface area (Å²) in [7, 11) is 1.24. The van der Waals surface area contributed by atoms with E-state index in [2.05, 4.69) is 16.8 Å². The molecule has 2 rings (SSSR count). The number of aryl methyl sites for hydroxylation is 2. The van der Waals surface area contributed by atoms with Crippen LogP contribution in [0.25, 0.3) is 5.69 Å². The fourth-order valence-corrected chi connectivity index (χ4v) is 2.18. The molecule has 21 heavy (non-hydrogen) atoms. The third-order valence-electron chi connectivity index (χ3n) is 3.23. The van der Waals surface area contributed by atoms with E-state index >= 15 is 0 Å². The van der Waals surface area contributed by atoms with Crippen LogP contribution < -0.4 is 5.43 Å². The molecule has 0 aliphatic carbocycles. The number of esters is 1. The maximum atomic E-state index is 12.0. The quantitative estimate of drug-likeness (QED) is 0.809. The molecule has 0 fully saturated rings. The van der Waals surface area contributed by atoms with Gasteiger partial charge in [-0.25, -0.2) is 9.48 Å². The molecule has 0 N–H and O–H groups in total. The molecule has 110 valence electrons. The lowest BCUT2D eigenvalue weighted by molar-refractivity contribution is 0.0590. The van der Waals surface area contributed by atoms with Crippen LogP contribution in [0, 0.1) is 6.92 Å². The summed E-state index contributed by atoms with van der Waals surface area (Å²) in [5.41, 5.74) is 1.85. The summed E-state index contributed by atoms with van der Waals surface area (Å²) in [5, 5.41) is 4.15. The molecule has 2 aromatic rings. The van der Waals surface area contributed by atoms with Crippen molar-refractivity contribution in [2.75, 3.05) is 7.11 Å². The van der Waals surface area contributed by atoms with Crippen molar-refractivity contribution in [2.45, 2.75) is 26.7 Å². The van der Waals surface area contributed by atoms with Gasteiger partial charge in [-0.2, -0.15) is 5.10 Å². The van der Waals surface area contributed by atoms with E-state index in [0.29, 0.717) is 5.56 Å². The molecule has 0 amide bonds. The van der Waals surface area contributed by atoms with E-state index in [0.717, 1.165) is 24.1 Å². The summed E-state index contributed by atoms with van der Waals surface area (Å²) in [5.74, 6) is -0.717. The first-order chi connectivity index (χ1) is 10.1. The van der Waals surface area contributed by atoms with Crippen LogP contribution in [-0.2, 0) is 11.2 Å². The molecule has 0 radical (unpaired) electrons. The standard InChI is InChI=1S/C16H18N2O3/c1-4-7-12-8-5-6-9-13(12)18-10-11(2)15(19)14(17-18)16(20)21-3/h5-6,8-10H,4,7H2,1-3H3. The van der Waals surface area contributed by atoms with Crippen molar-refractivity contribution in [1.82, 2.24) is 9.78 Å². The normalized spacial score (nSPS) is 10.4. The highest BCUT2D eigenvalue weighted by Crippen LogP contribution is 2.15. The Morgan fingerprint density at radius 3 is 2.71 bits per heavy atom. The van der Waals surface area contributed by atoms with Crippen molar-refractivity contribution < 1.29 is 9.53 Å². The second-order valence-corrected chi connectivity index (χ2v) is 4.80. The minimum Gasteiger partial charge on any atom is -0.464 e. The van der Waals surface area contributed by atoms with Gasteiger partial charge in [-0.15, -0.1) is 0 Å². The Kier molecular flexibility index (Phi) is 4.52. The maximum absolute atomic E-state index is 12.0. The van der Waals surface area contributed by atoms with Gasteiger partial charge in [-0.3, -0.25) is 4.79 Å². The maximum Gasteiger partial charge on any atom is 0.362 e. The third-order valence-corrected chi connectivity index (χ3v) is 3.23. The van der Waals surface area contributed by atoms with E-state index in [1.807, 2.05) is 24.3 Å². The molecule has 1 aromatic carbocycles. The Hall–Kier alpha value is -2.43. The van der Waals surface area contributed by atoms with E-state index in [4.69, 9.17) is 0 Å². The van der Waals surface area contributed by atoms with E-state index in [1.54, 1.807) is 17.8 Å². The Balaban J connectivity index is 2.63. The number of aromatic nitrogens is 2. The molecule has 5 nitrogen and oxygen atoms in total. The van der Waals surface area contributed by atoms with E-state index in [1.165, 1.54) is 7.11 Å². The van der Waals surface area contributed by atoms with Crippen LogP contribution in [0.5, 0.6) is 0 Å². The third kappa shape index (κ3) is 3.02. The molecular formula is C16H18N2O3. The van der Waals surface area contributed by atoms with Gasteiger partial charge >= 0.3 is 5.97 Å². The summed E-state index contributed by atoms with van der Waals surface area (Å²) in [4.78, 5) is 23.7. The second-order valence-electron chi connectivity index (χ2n) is 4.80. The number of hydrogen-bond donors (Lipinski definition) is 0. The monoisotopic (exact) mass is 286 g/mol. The lowest BCUT2D eigenvalue weighted by atomic mass is 10.1. The molecule has 1 heterocycles. The van der Waals surface area contributed by atoms with Crippen LogP contribution in [-0.4, -0.2) is 22.9 Å². The predicted molar refractivity (Wildman–Crippen MR) is 79.9 cm³/mol. The van der Waals surface area contributed by atoms with E-state index in [-0.39, 0.29) is 5.69 Å². The van der Waals surface area contributed by atoms with Gasteiger partial charge in [0.2, 0.25) is 11.1 Å². The molecule has 0 saturated carbocycles. The molecule has 0 aliphatic rings. The molecule has 0 aliphatic heterocycles. The SMILES string of the molecule is CCCc1ccccc1-n1cc(C)c(=O)c(C(=O)OC)n1. The first kappa shape index (κ1) is 15.0. The van der Waals surface area contributed by atoms with Crippen LogP contribution in [0.3, 0.4) is 0 Å². The summed E-state index contributed by atoms with van der Waals surface area (Å²) in [6, 6.07) is 7.81. The fourth-order valence-electron chi connectivity index (χ4n) is 2.18. The molecule has 0 bridgehead atoms. The van der Waals surface area contributed by atoms with Crippen molar-refractivity contribution in [3.8, 4) is 5.69 Å². The number of nitrogens with zero attached hydrogens (tertiary/aromatic N) is 2. The van der Waals surface area contributed by atoms with Crippen LogP contribution in [0.4, 0.5) is 0 Å². The molecule has 0 unspecified atom stereocenters. The Morgan fingerprint density at radius 2 is 2.05 bits per heavy atom. The summed E-state index contributed by atoms with van der Waals surface area (Å²) >= 11 is 0. The largest absolute Gasteiger partial charge is 0.464 e. The number of benzene rings is 1. The first-order valence-corrected chi connectivity index (χ1v) is 6.85. The van der Waals surface area contributed by atoms with Gasteiger partial charge in [-0.1, -0.05) is 31.5 Å². The number of methoxy groups -OCH3 is 1. The van der Waals surface area contributed by atoms with Gasteiger partial charge in [0.25, 0.3) is 0 Å². The van der Waals surface area contributed by atoms with E-state index < -0.39 is 11.4 Å². The lowest BCUT2D eigenvalue weighted by Gasteiger charge is -2.12. The smallest absolute Gasteiger partial charge is 0.362 e. The van der Waals surface area contributed by atoms with Crippen LogP contribution in [0.1, 0.15) is 35.0 Å². The fraction of sp³-hybridized carbons (Fsp3) is 0.312. The van der Waals surface area contributed by atoms with Crippen molar-refractivity contribution in [3.05, 3.63) is 57.5 Å². The van der Waals surface area contributed by atoms with Crippen LogP contribution in [0.15, 0.2) is 35.3 Å². The second kappa shape index (κ2) is 6.35. The minimum absolute atomic E-state index is 0.191. The Labute approximate surface area is 123 Å². The molecular weight excluding hydrogens is 268 g/mol. The van der Waals surface area contributed by atoms with Crippen LogP contribution >= 0.6 is 0 Å². The number of ether oxygens (including phenoxy) is 1. The number of para-hydroxylation sites is 1. The predicted octanol–water partition coefficient (Wildman–Crippen LogP) is 2.28. The molecule has 1 aromatic heterocycles. The van der Waals surface area contributed by atoms with Crippen molar-refractivity contribution in [3.63, 3.8) is 0 Å². The van der Waals surface area contributed by atoms with Gasteiger partial charge in [-0.05, 0) is 25.0 Å². The zero-order valence-electron chi connectivity index (χ0n) is 12.4. The number of carbonyl (C=O) groups is 1. The van der Waals surface area contributed by atoms with Crippen LogP contribution in [0.2, 0.25) is 0 Å². The van der Waals surface area contributed by atoms with E-state index in [9.17, 15) is 9.59 Å². The average molecular weight is 286 g/mol. The Morgan fingerprint density at radius 1 is 1.33 bits per heavy atom. The zero-order chi connectivity index (χ0) is 15.4. The van der Waals surface area contributed by atoms with Crippen molar-refractivity contribution in [2.24, 2.45) is 0 Å². The topological polar surface area (TPSA) is 61.2 Å². The highest BCUT2D eigenvalue weighted by molar-refractivity contribution is 5.87. The van der Waals surface area contributed by atoms with Gasteiger partial charge in [0, 0.05) is 11.8 Å². The van der Waals surface area contributed by atoms with Gasteiger partial charge < -0.3 is 4.74 Å². The molecule has 5 heteroatoms. The minimum atomic E-state index is -0.717. The number of rotatable bonds is 4. The van der Waals surface area contributed by atoms with Gasteiger partial charge in [0.05, 0.1) is 12.8 Å². The highest BCUT2D eigenvalue weighted by atomic mass is 16.5. The molecule has 0 spiro atoms. The number of hydrogen-bond acceptors (Lipinski definition) is 4. The van der Waals surface area contributed by atoms with Gasteiger partial charge in [0.1, 0.15) is 0 Å². The Bertz CT molecular complexity index is 720. The molecule has 0 atom stereocenters. The summed E-state index contributed by atoms with van der Waals surface area (Å²) in [6.45, 7) is 3.76. The highest BCUT2D eigenvalue weighted by Gasteiger charge is 2.16. The molecule has 0 saturated heterocycles. The van der Waals surface area contributed by atoms with Crippen molar-refractivity contribution in [1.29, 1.82) is 0 Å². The lowest BCUT2D eigenvalue weighted by Crippen LogP contribution is -2.24. The van der Waals surface area contributed by atoms with Gasteiger partial charge in [0.15, 0.2) is 0 Å². The van der Waals surface area contributed by atoms with Crippen molar-refractivity contribution >= 4 is 5.97 Å². The average Bonchev–Trinajstić information content (AvgIpc) is 2.50. The summed E-state index contributed by atoms with van der Waals surface area (Å²) in [6.07, 6.45) is 3.54. The zero-order valence-corrected chi connectivity index (χ0v) is 12.4.